The monoisotopic (exact) mass is 250 g/mol. The van der Waals surface area contributed by atoms with Crippen LogP contribution in [-0.2, 0) is 5.41 Å². The number of aromatic nitrogens is 1. The van der Waals surface area contributed by atoms with E-state index in [9.17, 15) is 0 Å². The van der Waals surface area contributed by atoms with Crippen molar-refractivity contribution >= 4 is 27.4 Å². The molecule has 0 bridgehead atoms. The average molecular weight is 250 g/mol. The van der Waals surface area contributed by atoms with Gasteiger partial charge in [0, 0.05) is 27.6 Å². The summed E-state index contributed by atoms with van der Waals surface area (Å²) in [7, 11) is 0. The molecule has 2 aromatic carbocycles. The minimum Gasteiger partial charge on any atom is -0.398 e. The van der Waals surface area contributed by atoms with E-state index in [1.807, 2.05) is 18.2 Å². The number of nitrogens with two attached hydrogens (primary N) is 1. The lowest BCUT2D eigenvalue weighted by Crippen LogP contribution is -2.14. The summed E-state index contributed by atoms with van der Waals surface area (Å²) >= 11 is 0. The first-order chi connectivity index (χ1) is 8.97. The summed E-state index contributed by atoms with van der Waals surface area (Å²) in [6, 6.07) is 14.5. The number of rotatable bonds is 0. The Balaban J connectivity index is 2.47. The van der Waals surface area contributed by atoms with Crippen LogP contribution in [0.25, 0.3) is 21.7 Å². The predicted octanol–water partition coefficient (Wildman–Crippen LogP) is 4.27. The summed E-state index contributed by atoms with van der Waals surface area (Å²) in [5.74, 6) is 0. The molecule has 0 radical (unpaired) electrons. The molecule has 0 saturated carbocycles. The van der Waals surface area contributed by atoms with Crippen LogP contribution in [0.5, 0.6) is 0 Å². The van der Waals surface area contributed by atoms with Crippen LogP contribution in [0.1, 0.15) is 26.5 Å². The molecule has 2 heteroatoms. The van der Waals surface area contributed by atoms with Gasteiger partial charge in [0.2, 0.25) is 0 Å². The van der Waals surface area contributed by atoms with E-state index in [4.69, 9.17) is 10.7 Å². The lowest BCUT2D eigenvalue weighted by Gasteiger charge is -2.19. The van der Waals surface area contributed by atoms with E-state index < -0.39 is 0 Å². The van der Waals surface area contributed by atoms with Crippen molar-refractivity contribution in [3.8, 4) is 0 Å². The van der Waals surface area contributed by atoms with Crippen LogP contribution in [0.15, 0.2) is 42.5 Å². The molecule has 1 heterocycles. The smallest absolute Gasteiger partial charge is 0.0804 e. The Morgan fingerprint density at radius 1 is 0.947 bits per heavy atom. The average Bonchev–Trinajstić information content (AvgIpc) is 2.37. The van der Waals surface area contributed by atoms with Crippen LogP contribution >= 0.6 is 0 Å². The van der Waals surface area contributed by atoms with Crippen molar-refractivity contribution in [1.29, 1.82) is 0 Å². The Bertz CT molecular complexity index is 767. The summed E-state index contributed by atoms with van der Waals surface area (Å²) in [5.41, 5.74) is 9.05. The number of hydrogen-bond acceptors (Lipinski definition) is 2. The third kappa shape index (κ3) is 1.93. The molecule has 0 atom stereocenters. The van der Waals surface area contributed by atoms with Crippen molar-refractivity contribution in [2.24, 2.45) is 0 Å². The first kappa shape index (κ1) is 12.0. The second-order valence-electron chi connectivity index (χ2n) is 6.03. The Kier molecular flexibility index (Phi) is 2.49. The number of benzene rings is 2. The van der Waals surface area contributed by atoms with Gasteiger partial charge in [0.15, 0.2) is 0 Å². The highest BCUT2D eigenvalue weighted by Crippen LogP contribution is 2.31. The molecule has 0 amide bonds. The minimum absolute atomic E-state index is 0.000739. The Hall–Kier alpha value is -2.09. The van der Waals surface area contributed by atoms with Gasteiger partial charge in [0.25, 0.3) is 0 Å². The SMILES string of the molecule is CC(C)(C)c1cc(N)c2ccc3ccccc3c2n1. The quantitative estimate of drug-likeness (QED) is 0.605. The first-order valence-electron chi connectivity index (χ1n) is 6.55. The molecule has 0 unspecified atom stereocenters. The summed E-state index contributed by atoms with van der Waals surface area (Å²) in [6.07, 6.45) is 0. The maximum atomic E-state index is 6.20. The van der Waals surface area contributed by atoms with E-state index in [1.54, 1.807) is 0 Å². The third-order valence-electron chi connectivity index (χ3n) is 3.50. The molecule has 0 aliphatic carbocycles. The third-order valence-corrected chi connectivity index (χ3v) is 3.50. The number of hydrogen-bond donors (Lipinski definition) is 1. The molecular weight excluding hydrogens is 232 g/mol. The summed E-state index contributed by atoms with van der Waals surface area (Å²) in [4.78, 5) is 4.86. The zero-order valence-electron chi connectivity index (χ0n) is 11.6. The molecule has 0 spiro atoms. The highest BCUT2D eigenvalue weighted by Gasteiger charge is 2.17. The van der Waals surface area contributed by atoms with E-state index >= 15 is 0 Å². The van der Waals surface area contributed by atoms with Gasteiger partial charge in [-0.25, -0.2) is 0 Å². The zero-order valence-corrected chi connectivity index (χ0v) is 11.6. The van der Waals surface area contributed by atoms with Crippen molar-refractivity contribution in [2.75, 3.05) is 5.73 Å². The fourth-order valence-corrected chi connectivity index (χ4v) is 2.37. The maximum absolute atomic E-state index is 6.20. The molecule has 3 aromatic rings. The van der Waals surface area contributed by atoms with Crippen LogP contribution < -0.4 is 5.73 Å². The Morgan fingerprint density at radius 2 is 1.68 bits per heavy atom. The molecular formula is C17H18N2. The van der Waals surface area contributed by atoms with Gasteiger partial charge < -0.3 is 5.73 Å². The molecule has 0 saturated heterocycles. The van der Waals surface area contributed by atoms with Gasteiger partial charge in [-0.3, -0.25) is 4.98 Å². The van der Waals surface area contributed by atoms with Crippen LogP contribution in [0.3, 0.4) is 0 Å². The van der Waals surface area contributed by atoms with Gasteiger partial charge in [-0.05, 0) is 11.5 Å². The second kappa shape index (κ2) is 3.95. The minimum atomic E-state index is -0.000739. The maximum Gasteiger partial charge on any atom is 0.0804 e. The molecule has 19 heavy (non-hydrogen) atoms. The van der Waals surface area contributed by atoms with Crippen LogP contribution in [0.4, 0.5) is 5.69 Å². The van der Waals surface area contributed by atoms with Crippen LogP contribution in [-0.4, -0.2) is 4.98 Å². The molecule has 0 fully saturated rings. The molecule has 0 aliphatic heterocycles. The van der Waals surface area contributed by atoms with E-state index in [2.05, 4.69) is 45.0 Å². The predicted molar refractivity (Wildman–Crippen MR) is 82.4 cm³/mol. The first-order valence-corrected chi connectivity index (χ1v) is 6.55. The lowest BCUT2D eigenvalue weighted by molar-refractivity contribution is 0.572. The Labute approximate surface area is 113 Å². The fraction of sp³-hybridized carbons (Fsp3) is 0.235. The summed E-state index contributed by atoms with van der Waals surface area (Å²) in [6.45, 7) is 6.48. The van der Waals surface area contributed by atoms with Gasteiger partial charge in [-0.2, -0.15) is 0 Å². The molecule has 2 nitrogen and oxygen atoms in total. The molecule has 3 rings (SSSR count). The number of nitrogens with zero attached hydrogens (tertiary/aromatic N) is 1. The van der Waals surface area contributed by atoms with E-state index in [0.717, 1.165) is 27.7 Å². The van der Waals surface area contributed by atoms with Gasteiger partial charge in [0.05, 0.1) is 5.52 Å². The summed E-state index contributed by atoms with van der Waals surface area (Å²) < 4.78 is 0. The summed E-state index contributed by atoms with van der Waals surface area (Å²) in [5, 5.41) is 3.40. The van der Waals surface area contributed by atoms with Gasteiger partial charge in [-0.1, -0.05) is 57.2 Å². The normalized spacial score (nSPS) is 12.2. The van der Waals surface area contributed by atoms with Crippen LogP contribution in [0, 0.1) is 0 Å². The number of nitrogen functional groups attached to an aromatic ring is 1. The van der Waals surface area contributed by atoms with Crippen LogP contribution in [0.2, 0.25) is 0 Å². The number of anilines is 1. The number of pyridine rings is 1. The highest BCUT2D eigenvalue weighted by molar-refractivity contribution is 6.08. The molecule has 2 N–H and O–H groups in total. The largest absolute Gasteiger partial charge is 0.398 e. The van der Waals surface area contributed by atoms with Crippen molar-refractivity contribution in [1.82, 2.24) is 4.98 Å². The van der Waals surface area contributed by atoms with Crippen molar-refractivity contribution in [3.05, 3.63) is 48.2 Å². The fourth-order valence-electron chi connectivity index (χ4n) is 2.37. The van der Waals surface area contributed by atoms with Gasteiger partial charge in [0.1, 0.15) is 0 Å². The zero-order chi connectivity index (χ0) is 13.6. The second-order valence-corrected chi connectivity index (χ2v) is 6.03. The highest BCUT2D eigenvalue weighted by atomic mass is 14.7. The topological polar surface area (TPSA) is 38.9 Å². The lowest BCUT2D eigenvalue weighted by atomic mass is 9.90. The molecule has 1 aromatic heterocycles. The van der Waals surface area contributed by atoms with Gasteiger partial charge in [-0.15, -0.1) is 0 Å². The van der Waals surface area contributed by atoms with Crippen molar-refractivity contribution in [3.63, 3.8) is 0 Å². The number of fused-ring (bicyclic) bond motifs is 3. The standard InChI is InChI=1S/C17H18N2/c1-17(2,3)15-10-14(18)13-9-8-11-6-4-5-7-12(11)16(13)19-15/h4-10H,1-3H3,(H2,18,19). The molecule has 0 aliphatic rings. The van der Waals surface area contributed by atoms with E-state index in [1.165, 1.54) is 5.39 Å². The molecule has 96 valence electrons. The van der Waals surface area contributed by atoms with E-state index in [-0.39, 0.29) is 5.41 Å². The van der Waals surface area contributed by atoms with E-state index in [0.29, 0.717) is 0 Å². The van der Waals surface area contributed by atoms with Gasteiger partial charge >= 0.3 is 0 Å². The van der Waals surface area contributed by atoms with Crippen molar-refractivity contribution in [2.45, 2.75) is 26.2 Å². The Morgan fingerprint density at radius 3 is 2.42 bits per heavy atom. The van der Waals surface area contributed by atoms with Crippen molar-refractivity contribution < 1.29 is 0 Å².